The molecule has 1 N–H and O–H groups in total. The number of hydrogen-bond acceptors (Lipinski definition) is 6. The summed E-state index contributed by atoms with van der Waals surface area (Å²) < 4.78 is 40.6. The Balaban J connectivity index is 2.06. The second-order valence-corrected chi connectivity index (χ2v) is 12.6. The Labute approximate surface area is 250 Å². The van der Waals surface area contributed by atoms with Crippen molar-refractivity contribution >= 4 is 43.5 Å². The van der Waals surface area contributed by atoms with E-state index in [4.69, 9.17) is 9.47 Å². The van der Waals surface area contributed by atoms with Gasteiger partial charge in [0.2, 0.25) is 11.8 Å². The summed E-state index contributed by atoms with van der Waals surface area (Å²) in [7, 11) is -1.38. The zero-order valence-electron chi connectivity index (χ0n) is 24.0. The minimum atomic E-state index is -4.25. The Morgan fingerprint density at radius 1 is 0.902 bits per heavy atom. The molecule has 0 bridgehead atoms. The van der Waals surface area contributed by atoms with Crippen molar-refractivity contribution in [3.8, 4) is 11.5 Å². The Hall–Kier alpha value is -3.57. The maximum Gasteiger partial charge on any atom is 0.264 e. The number of aryl methyl sites for hydroxylation is 1. The van der Waals surface area contributed by atoms with E-state index in [1.54, 1.807) is 31.2 Å². The number of rotatable bonds is 12. The SMILES string of the molecule is COc1ccc(S(=O)(=O)N(CC(=O)N(Cc2ccc(Br)cc2)[C@H](C)C(=O)NC(C)C)c2ccc(C)cc2)cc1OC. The molecule has 9 nitrogen and oxygen atoms in total. The second-order valence-electron chi connectivity index (χ2n) is 9.85. The number of amides is 2. The highest BCUT2D eigenvalue weighted by Crippen LogP contribution is 2.32. The van der Waals surface area contributed by atoms with Gasteiger partial charge in [-0.3, -0.25) is 13.9 Å². The first-order valence-electron chi connectivity index (χ1n) is 13.0. The molecular formula is C30H36BrN3O6S. The smallest absolute Gasteiger partial charge is 0.264 e. The van der Waals surface area contributed by atoms with Crippen LogP contribution in [0.2, 0.25) is 0 Å². The average Bonchev–Trinajstić information content (AvgIpc) is 2.94. The van der Waals surface area contributed by atoms with E-state index >= 15 is 0 Å². The van der Waals surface area contributed by atoms with Crippen molar-refractivity contribution in [1.29, 1.82) is 0 Å². The summed E-state index contributed by atoms with van der Waals surface area (Å²) in [5, 5.41) is 2.85. The molecule has 3 rings (SSSR count). The number of carbonyl (C=O) groups excluding carboxylic acids is 2. The Bertz CT molecular complexity index is 1460. The van der Waals surface area contributed by atoms with E-state index in [9.17, 15) is 18.0 Å². The van der Waals surface area contributed by atoms with Gasteiger partial charge < -0.3 is 19.7 Å². The predicted octanol–water partition coefficient (Wildman–Crippen LogP) is 4.91. The van der Waals surface area contributed by atoms with Crippen molar-refractivity contribution < 1.29 is 27.5 Å². The molecule has 3 aromatic rings. The quantitative estimate of drug-likeness (QED) is 0.300. The summed E-state index contributed by atoms with van der Waals surface area (Å²) in [6.45, 7) is 6.76. The van der Waals surface area contributed by atoms with Crippen LogP contribution < -0.4 is 19.1 Å². The van der Waals surface area contributed by atoms with Gasteiger partial charge in [0.05, 0.1) is 24.8 Å². The fraction of sp³-hybridized carbons (Fsp3) is 0.333. The lowest BCUT2D eigenvalue weighted by atomic mass is 10.1. The van der Waals surface area contributed by atoms with E-state index in [-0.39, 0.29) is 29.1 Å². The van der Waals surface area contributed by atoms with Gasteiger partial charge in [0.1, 0.15) is 12.6 Å². The number of carbonyl (C=O) groups is 2. The monoisotopic (exact) mass is 645 g/mol. The highest BCUT2D eigenvalue weighted by atomic mass is 79.9. The van der Waals surface area contributed by atoms with Crippen molar-refractivity contribution in [2.75, 3.05) is 25.1 Å². The van der Waals surface area contributed by atoms with Gasteiger partial charge in [0.25, 0.3) is 10.0 Å². The molecule has 3 aromatic carbocycles. The molecule has 2 amide bonds. The maximum atomic E-state index is 14.1. The molecule has 41 heavy (non-hydrogen) atoms. The molecule has 0 unspecified atom stereocenters. The molecule has 0 fully saturated rings. The third kappa shape index (κ3) is 8.01. The molecule has 0 aliphatic carbocycles. The molecule has 0 aliphatic rings. The van der Waals surface area contributed by atoms with Crippen molar-refractivity contribution in [3.63, 3.8) is 0 Å². The normalized spacial score (nSPS) is 12.0. The van der Waals surface area contributed by atoms with Gasteiger partial charge in [0.15, 0.2) is 11.5 Å². The Kier molecular flexibility index (Phi) is 10.8. The third-order valence-corrected chi connectivity index (χ3v) is 8.71. The van der Waals surface area contributed by atoms with E-state index in [0.29, 0.717) is 11.4 Å². The van der Waals surface area contributed by atoms with Gasteiger partial charge in [-0.15, -0.1) is 0 Å². The Morgan fingerprint density at radius 3 is 2.07 bits per heavy atom. The molecule has 220 valence electrons. The van der Waals surface area contributed by atoms with Crippen LogP contribution in [0.1, 0.15) is 31.9 Å². The van der Waals surface area contributed by atoms with Crippen LogP contribution in [0, 0.1) is 6.92 Å². The number of benzene rings is 3. The number of nitrogens with one attached hydrogen (secondary N) is 1. The molecule has 11 heteroatoms. The number of methoxy groups -OCH3 is 2. The fourth-order valence-electron chi connectivity index (χ4n) is 4.12. The highest BCUT2D eigenvalue weighted by molar-refractivity contribution is 9.10. The predicted molar refractivity (Wildman–Crippen MR) is 163 cm³/mol. The first kappa shape index (κ1) is 32.0. The average molecular weight is 647 g/mol. The number of ether oxygens (including phenoxy) is 2. The lowest BCUT2D eigenvalue weighted by molar-refractivity contribution is -0.139. The molecule has 0 aromatic heterocycles. The standard InChI is InChI=1S/C30H36BrN3O6S/c1-20(2)32-30(36)22(4)33(18-23-9-11-24(31)12-10-23)29(35)19-34(25-13-7-21(3)8-14-25)41(37,38)26-15-16-27(39-5)28(17-26)40-6/h7-17,20,22H,18-19H2,1-6H3,(H,32,36)/t22-/m1/s1. The molecule has 0 aliphatic heterocycles. The van der Waals surface area contributed by atoms with Gasteiger partial charge in [-0.2, -0.15) is 0 Å². The van der Waals surface area contributed by atoms with Crippen molar-refractivity contribution in [2.24, 2.45) is 0 Å². The fourth-order valence-corrected chi connectivity index (χ4v) is 5.81. The number of sulfonamides is 1. The molecule has 0 heterocycles. The van der Waals surface area contributed by atoms with E-state index in [0.717, 1.165) is 19.9 Å². The van der Waals surface area contributed by atoms with Gasteiger partial charge in [0, 0.05) is 23.1 Å². The van der Waals surface area contributed by atoms with Crippen LogP contribution in [0.15, 0.2) is 76.1 Å². The van der Waals surface area contributed by atoms with Crippen LogP contribution >= 0.6 is 15.9 Å². The number of nitrogens with zero attached hydrogens (tertiary/aromatic N) is 2. The van der Waals surface area contributed by atoms with Crippen LogP contribution in [-0.2, 0) is 26.2 Å². The molecule has 0 spiro atoms. The first-order valence-corrected chi connectivity index (χ1v) is 15.3. The lowest BCUT2D eigenvalue weighted by Gasteiger charge is -2.32. The van der Waals surface area contributed by atoms with E-state index in [2.05, 4.69) is 21.2 Å². The zero-order chi connectivity index (χ0) is 30.3. The summed E-state index contributed by atoms with van der Waals surface area (Å²) in [6, 6.07) is 17.5. The van der Waals surface area contributed by atoms with Crippen LogP contribution in [0.4, 0.5) is 5.69 Å². The number of halogens is 1. The lowest BCUT2D eigenvalue weighted by Crippen LogP contribution is -2.52. The van der Waals surface area contributed by atoms with Crippen LogP contribution in [0.3, 0.4) is 0 Å². The van der Waals surface area contributed by atoms with E-state index < -0.39 is 28.5 Å². The third-order valence-electron chi connectivity index (χ3n) is 6.41. The maximum absolute atomic E-state index is 14.1. The first-order chi connectivity index (χ1) is 19.4. The minimum Gasteiger partial charge on any atom is -0.493 e. The van der Waals surface area contributed by atoms with Gasteiger partial charge in [-0.25, -0.2) is 8.42 Å². The van der Waals surface area contributed by atoms with E-state index in [1.807, 2.05) is 45.0 Å². The van der Waals surface area contributed by atoms with Crippen LogP contribution in [0.5, 0.6) is 11.5 Å². The molecule has 0 radical (unpaired) electrons. The van der Waals surface area contributed by atoms with Crippen LogP contribution in [-0.4, -0.2) is 58.0 Å². The summed E-state index contributed by atoms with van der Waals surface area (Å²) in [5.74, 6) is -0.270. The number of hydrogen-bond donors (Lipinski definition) is 1. The Morgan fingerprint density at radius 2 is 1.51 bits per heavy atom. The van der Waals surface area contributed by atoms with Gasteiger partial charge in [-0.1, -0.05) is 45.8 Å². The topological polar surface area (TPSA) is 105 Å². The molecule has 0 saturated heterocycles. The minimum absolute atomic E-state index is 0.0754. The summed E-state index contributed by atoms with van der Waals surface area (Å²) in [6.07, 6.45) is 0. The summed E-state index contributed by atoms with van der Waals surface area (Å²) in [4.78, 5) is 28.3. The number of anilines is 1. The summed E-state index contributed by atoms with van der Waals surface area (Å²) in [5.41, 5.74) is 2.02. The van der Waals surface area contributed by atoms with Gasteiger partial charge >= 0.3 is 0 Å². The van der Waals surface area contributed by atoms with Crippen molar-refractivity contribution in [1.82, 2.24) is 10.2 Å². The van der Waals surface area contributed by atoms with E-state index in [1.165, 1.54) is 37.3 Å². The highest BCUT2D eigenvalue weighted by Gasteiger charge is 2.33. The largest absolute Gasteiger partial charge is 0.493 e. The molecular weight excluding hydrogens is 610 g/mol. The summed E-state index contributed by atoms with van der Waals surface area (Å²) >= 11 is 3.41. The van der Waals surface area contributed by atoms with Crippen LogP contribution in [0.25, 0.3) is 0 Å². The second kappa shape index (κ2) is 13.9. The van der Waals surface area contributed by atoms with Crippen molar-refractivity contribution in [3.05, 3.63) is 82.3 Å². The zero-order valence-corrected chi connectivity index (χ0v) is 26.5. The molecule has 1 atom stereocenters. The van der Waals surface area contributed by atoms with Gasteiger partial charge in [-0.05, 0) is 69.7 Å². The molecule has 0 saturated carbocycles. The van der Waals surface area contributed by atoms with Crippen molar-refractivity contribution in [2.45, 2.75) is 51.2 Å².